The number of hydrogen-bond donors (Lipinski definition) is 9. The number of nitrogens with zero attached hydrogens (tertiary/aromatic N) is 3. The van der Waals surface area contributed by atoms with E-state index in [1.165, 1.54) is 36.4 Å². The molecule has 0 aliphatic heterocycles. The van der Waals surface area contributed by atoms with Crippen LogP contribution in [0.25, 0.3) is 0 Å². The number of aromatic hydroxyl groups is 3. The molecular formula is C30H30N6O9. The van der Waals surface area contributed by atoms with E-state index in [9.17, 15) is 45.0 Å². The highest BCUT2D eigenvalue weighted by molar-refractivity contribution is 5.79. The Balaban J connectivity index is 1.65. The number of aromatic nitrogens is 3. The third-order valence-electron chi connectivity index (χ3n) is 6.57. The summed E-state index contributed by atoms with van der Waals surface area (Å²) in [7, 11) is 0. The molecule has 0 aliphatic carbocycles. The van der Waals surface area contributed by atoms with E-state index in [1.807, 2.05) is 0 Å². The molecule has 0 radical (unpaired) electrons. The fourth-order valence-corrected chi connectivity index (χ4v) is 4.24. The van der Waals surface area contributed by atoms with E-state index >= 15 is 0 Å². The summed E-state index contributed by atoms with van der Waals surface area (Å²) in [5.74, 6) is -4.65. The lowest BCUT2D eigenvalue weighted by molar-refractivity contribution is -0.138. The first kappa shape index (κ1) is 31.8. The van der Waals surface area contributed by atoms with Crippen molar-refractivity contribution in [2.24, 2.45) is 0 Å². The summed E-state index contributed by atoms with van der Waals surface area (Å²) in [6.45, 7) is 0. The Morgan fingerprint density at radius 3 is 0.889 bits per heavy atom. The van der Waals surface area contributed by atoms with Gasteiger partial charge in [-0.15, -0.1) is 0 Å². The van der Waals surface area contributed by atoms with Crippen LogP contribution >= 0.6 is 0 Å². The molecule has 0 bridgehead atoms. The zero-order valence-corrected chi connectivity index (χ0v) is 23.5. The predicted octanol–water partition coefficient (Wildman–Crippen LogP) is 2.31. The van der Waals surface area contributed by atoms with Crippen molar-refractivity contribution in [3.63, 3.8) is 0 Å². The van der Waals surface area contributed by atoms with Crippen LogP contribution in [0.4, 0.5) is 17.8 Å². The molecule has 0 spiro atoms. The zero-order valence-electron chi connectivity index (χ0n) is 23.5. The SMILES string of the molecule is O=C(O)C(Cc1ccc(O)cc1)Nc1nc(NC(Cc2ccc(O)cc2)C(=O)O)nc(NC(Cc2ccc(O)cc2)C(=O)O)n1. The molecule has 0 fully saturated rings. The van der Waals surface area contributed by atoms with Crippen LogP contribution in [0.5, 0.6) is 17.2 Å². The lowest BCUT2D eigenvalue weighted by Crippen LogP contribution is -2.35. The smallest absolute Gasteiger partial charge is 0.326 e. The van der Waals surface area contributed by atoms with Crippen molar-refractivity contribution in [3.05, 3.63) is 89.5 Å². The second-order valence-electron chi connectivity index (χ2n) is 10.0. The number of carbonyl (C=O) groups is 3. The topological polar surface area (TPSA) is 247 Å². The maximum atomic E-state index is 12.1. The summed E-state index contributed by atoms with van der Waals surface area (Å²) in [6, 6.07) is 13.8. The summed E-state index contributed by atoms with van der Waals surface area (Å²) in [5, 5.41) is 66.4. The van der Waals surface area contributed by atoms with E-state index in [1.54, 1.807) is 36.4 Å². The highest BCUT2D eigenvalue weighted by Crippen LogP contribution is 2.19. The number of hydrogen-bond acceptors (Lipinski definition) is 12. The third-order valence-corrected chi connectivity index (χ3v) is 6.57. The van der Waals surface area contributed by atoms with Gasteiger partial charge < -0.3 is 46.6 Å². The molecule has 1 aromatic heterocycles. The Kier molecular flexibility index (Phi) is 10.2. The molecule has 234 valence electrons. The van der Waals surface area contributed by atoms with Gasteiger partial charge in [0, 0.05) is 19.3 Å². The minimum absolute atomic E-state index is 0.00283. The maximum absolute atomic E-state index is 12.1. The summed E-state index contributed by atoms with van der Waals surface area (Å²) in [4.78, 5) is 48.9. The first-order valence-electron chi connectivity index (χ1n) is 13.5. The number of rotatable bonds is 15. The van der Waals surface area contributed by atoms with E-state index in [4.69, 9.17) is 0 Å². The number of phenolic OH excluding ortho intramolecular Hbond substituents is 3. The Hall–Kier alpha value is -6.12. The van der Waals surface area contributed by atoms with Gasteiger partial charge in [0.1, 0.15) is 35.4 Å². The molecule has 0 saturated carbocycles. The molecule has 3 atom stereocenters. The van der Waals surface area contributed by atoms with Gasteiger partial charge in [0.25, 0.3) is 0 Å². The molecule has 3 aromatic carbocycles. The first-order valence-corrected chi connectivity index (χ1v) is 13.5. The second kappa shape index (κ2) is 14.4. The molecule has 0 saturated heterocycles. The largest absolute Gasteiger partial charge is 0.508 e. The zero-order chi connectivity index (χ0) is 32.5. The fourth-order valence-electron chi connectivity index (χ4n) is 4.24. The number of benzene rings is 3. The fraction of sp³-hybridized carbons (Fsp3) is 0.200. The highest BCUT2D eigenvalue weighted by atomic mass is 16.4. The van der Waals surface area contributed by atoms with E-state index in [0.717, 1.165) is 0 Å². The van der Waals surface area contributed by atoms with Crippen molar-refractivity contribution in [1.29, 1.82) is 0 Å². The normalized spacial score (nSPS) is 12.8. The van der Waals surface area contributed by atoms with Crippen molar-refractivity contribution in [2.75, 3.05) is 16.0 Å². The molecule has 0 amide bonds. The predicted molar refractivity (Wildman–Crippen MR) is 160 cm³/mol. The average Bonchev–Trinajstić information content (AvgIpc) is 2.99. The minimum atomic E-state index is -1.28. The number of phenols is 3. The minimum Gasteiger partial charge on any atom is -0.508 e. The Labute approximate surface area is 255 Å². The Morgan fingerprint density at radius 2 is 0.689 bits per heavy atom. The van der Waals surface area contributed by atoms with Gasteiger partial charge in [-0.2, -0.15) is 15.0 Å². The Morgan fingerprint density at radius 1 is 0.467 bits per heavy atom. The molecule has 4 rings (SSSR count). The number of anilines is 3. The van der Waals surface area contributed by atoms with Crippen molar-refractivity contribution in [2.45, 2.75) is 37.4 Å². The van der Waals surface area contributed by atoms with Gasteiger partial charge in [0.05, 0.1) is 0 Å². The summed E-state index contributed by atoms with van der Waals surface area (Å²) in [5.41, 5.74) is 1.70. The van der Waals surface area contributed by atoms with Crippen molar-refractivity contribution < 1.29 is 45.0 Å². The number of nitrogens with one attached hydrogen (secondary N) is 3. The molecule has 3 unspecified atom stereocenters. The van der Waals surface area contributed by atoms with E-state index in [2.05, 4.69) is 30.9 Å². The summed E-state index contributed by atoms with van der Waals surface area (Å²) < 4.78 is 0. The molecule has 15 nitrogen and oxygen atoms in total. The van der Waals surface area contributed by atoms with Crippen molar-refractivity contribution >= 4 is 35.8 Å². The second-order valence-corrected chi connectivity index (χ2v) is 10.0. The van der Waals surface area contributed by atoms with Crippen LogP contribution in [0, 0.1) is 0 Å². The molecule has 9 N–H and O–H groups in total. The molecule has 0 aliphatic rings. The highest BCUT2D eigenvalue weighted by Gasteiger charge is 2.25. The molecule has 45 heavy (non-hydrogen) atoms. The lowest BCUT2D eigenvalue weighted by Gasteiger charge is -2.20. The quantitative estimate of drug-likeness (QED) is 0.0927. The summed E-state index contributed by atoms with van der Waals surface area (Å²) >= 11 is 0. The maximum Gasteiger partial charge on any atom is 0.326 e. The van der Waals surface area contributed by atoms with Crippen LogP contribution in [-0.2, 0) is 33.6 Å². The van der Waals surface area contributed by atoms with Crippen LogP contribution < -0.4 is 16.0 Å². The Bertz CT molecular complexity index is 1430. The van der Waals surface area contributed by atoms with Crippen LogP contribution in [0.2, 0.25) is 0 Å². The molecular weight excluding hydrogens is 588 g/mol. The lowest BCUT2D eigenvalue weighted by atomic mass is 10.1. The summed E-state index contributed by atoms with van der Waals surface area (Å²) in [6.07, 6.45) is -0.155. The third kappa shape index (κ3) is 9.44. The average molecular weight is 619 g/mol. The number of carboxylic acids is 3. The van der Waals surface area contributed by atoms with Gasteiger partial charge in [-0.3, -0.25) is 0 Å². The van der Waals surface area contributed by atoms with E-state index in [0.29, 0.717) is 16.7 Å². The van der Waals surface area contributed by atoms with Gasteiger partial charge in [0.2, 0.25) is 17.8 Å². The molecule has 4 aromatic rings. The van der Waals surface area contributed by atoms with Crippen LogP contribution in [-0.4, -0.2) is 81.6 Å². The van der Waals surface area contributed by atoms with Crippen molar-refractivity contribution in [1.82, 2.24) is 15.0 Å². The van der Waals surface area contributed by atoms with E-state index in [-0.39, 0.29) is 54.4 Å². The number of aliphatic carboxylic acids is 3. The van der Waals surface area contributed by atoms with Gasteiger partial charge in [-0.05, 0) is 53.1 Å². The standard InChI is InChI=1S/C30H30N6O9/c37-19-7-1-16(2-8-19)13-22(25(40)41)31-28-34-29(32-23(26(42)43)14-17-3-9-20(38)10-4-17)36-30(35-28)33-24(27(44)45)15-18-5-11-21(39)12-6-18/h1-12,22-24,37-39H,13-15H2,(H,40,41)(H,42,43)(H,44,45)(H3,31,32,33,34,35,36). The van der Waals surface area contributed by atoms with E-state index < -0.39 is 36.0 Å². The van der Waals surface area contributed by atoms with Crippen molar-refractivity contribution in [3.8, 4) is 17.2 Å². The van der Waals surface area contributed by atoms with Crippen LogP contribution in [0.15, 0.2) is 72.8 Å². The van der Waals surface area contributed by atoms with Crippen LogP contribution in [0.3, 0.4) is 0 Å². The monoisotopic (exact) mass is 618 g/mol. The van der Waals surface area contributed by atoms with Gasteiger partial charge in [0.15, 0.2) is 0 Å². The van der Waals surface area contributed by atoms with Crippen LogP contribution in [0.1, 0.15) is 16.7 Å². The molecule has 1 heterocycles. The van der Waals surface area contributed by atoms with Gasteiger partial charge in [-0.25, -0.2) is 14.4 Å². The number of carboxylic acid groups (broad SMARTS) is 3. The van der Waals surface area contributed by atoms with Gasteiger partial charge >= 0.3 is 17.9 Å². The molecule has 15 heteroatoms. The first-order chi connectivity index (χ1) is 21.4. The van der Waals surface area contributed by atoms with Gasteiger partial charge in [-0.1, -0.05) is 36.4 Å².